The summed E-state index contributed by atoms with van der Waals surface area (Å²) in [5.74, 6) is 0.423. The van der Waals surface area contributed by atoms with E-state index in [0.29, 0.717) is 18.5 Å². The summed E-state index contributed by atoms with van der Waals surface area (Å²) >= 11 is 1.54. The van der Waals surface area contributed by atoms with Crippen molar-refractivity contribution in [3.8, 4) is 0 Å². The Bertz CT molecular complexity index is 673. The van der Waals surface area contributed by atoms with Crippen molar-refractivity contribution in [2.75, 3.05) is 11.6 Å². The van der Waals surface area contributed by atoms with Crippen LogP contribution in [0.25, 0.3) is 0 Å². The Hall–Kier alpha value is -1.53. The molecule has 0 spiro atoms. The maximum atomic E-state index is 12.1. The van der Waals surface area contributed by atoms with Gasteiger partial charge in [0.25, 0.3) is 5.91 Å². The second-order valence-electron chi connectivity index (χ2n) is 6.97. The molecule has 2 N–H and O–H groups in total. The number of allylic oxidation sites excluding steroid dienone is 1. The fraction of sp³-hybridized carbons (Fsp3) is 0.562. The number of hydrogen-bond donors (Lipinski definition) is 1. The maximum absolute atomic E-state index is 12.1. The largest absolute Gasteiger partial charge is 0.384 e. The topological polar surface area (TPSA) is 64.8 Å². The Morgan fingerprint density at radius 1 is 1.36 bits per heavy atom. The first kappa shape index (κ1) is 15.4. The average Bonchev–Trinajstić information content (AvgIpc) is 2.90. The predicted octanol–water partition coefficient (Wildman–Crippen LogP) is 3.09. The van der Waals surface area contributed by atoms with Gasteiger partial charge < -0.3 is 15.3 Å². The lowest BCUT2D eigenvalue weighted by molar-refractivity contribution is -0.135. The first-order chi connectivity index (χ1) is 10.1. The van der Waals surface area contributed by atoms with Crippen molar-refractivity contribution in [3.63, 3.8) is 0 Å². The number of thiophene rings is 1. The van der Waals surface area contributed by atoms with Gasteiger partial charge in [-0.15, -0.1) is 11.3 Å². The van der Waals surface area contributed by atoms with Crippen molar-refractivity contribution in [3.05, 3.63) is 27.8 Å². The number of primary amides is 1. The molecule has 0 radical (unpaired) electrons. The van der Waals surface area contributed by atoms with Gasteiger partial charge in [0, 0.05) is 11.3 Å². The van der Waals surface area contributed by atoms with Crippen molar-refractivity contribution >= 4 is 22.2 Å². The van der Waals surface area contributed by atoms with Gasteiger partial charge in [-0.3, -0.25) is 4.79 Å². The number of carbonyl (C=O) groups is 1. The van der Waals surface area contributed by atoms with Crippen LogP contribution in [0.2, 0.25) is 0 Å². The molecular formula is C16H22N2O3S. The first-order valence-electron chi connectivity index (χ1n) is 7.39. The molecule has 1 amide bonds. The molecule has 0 saturated heterocycles. The fourth-order valence-electron chi connectivity index (χ4n) is 3.32. The third kappa shape index (κ3) is 2.40. The smallest absolute Gasteiger partial charge is 0.252 e. The maximum Gasteiger partial charge on any atom is 0.252 e. The second kappa shape index (κ2) is 4.73. The van der Waals surface area contributed by atoms with Crippen LogP contribution in [0.15, 0.2) is 11.8 Å². The van der Waals surface area contributed by atoms with Gasteiger partial charge in [0.2, 0.25) is 0 Å². The minimum atomic E-state index is -0.452. The van der Waals surface area contributed by atoms with Gasteiger partial charge in [-0.2, -0.15) is 5.06 Å². The summed E-state index contributed by atoms with van der Waals surface area (Å²) in [5, 5.41) is 2.52. The molecule has 0 aliphatic carbocycles. The van der Waals surface area contributed by atoms with Crippen LogP contribution >= 0.6 is 11.3 Å². The number of anilines is 1. The van der Waals surface area contributed by atoms with E-state index in [4.69, 9.17) is 15.3 Å². The van der Waals surface area contributed by atoms with Gasteiger partial charge in [0.05, 0.1) is 23.3 Å². The van der Waals surface area contributed by atoms with E-state index in [1.165, 1.54) is 11.3 Å². The summed E-state index contributed by atoms with van der Waals surface area (Å²) in [4.78, 5) is 18.9. The Balaban J connectivity index is 2.15. The molecule has 22 heavy (non-hydrogen) atoms. The number of amides is 1. The van der Waals surface area contributed by atoms with E-state index in [2.05, 4.69) is 0 Å². The van der Waals surface area contributed by atoms with Crippen molar-refractivity contribution in [2.24, 2.45) is 5.73 Å². The number of rotatable bonds is 2. The van der Waals surface area contributed by atoms with Crippen LogP contribution < -0.4 is 10.8 Å². The molecule has 3 heterocycles. The monoisotopic (exact) mass is 322 g/mol. The van der Waals surface area contributed by atoms with E-state index < -0.39 is 11.5 Å². The summed E-state index contributed by atoms with van der Waals surface area (Å²) in [6.07, 6.45) is 2.65. The Kier molecular flexibility index (Phi) is 3.30. The summed E-state index contributed by atoms with van der Waals surface area (Å²) in [6.45, 7) is 10.7. The number of fused-ring (bicyclic) bond motifs is 1. The predicted molar refractivity (Wildman–Crippen MR) is 86.9 cm³/mol. The Labute approximate surface area is 134 Å². The van der Waals surface area contributed by atoms with Crippen molar-refractivity contribution in [2.45, 2.75) is 52.2 Å². The van der Waals surface area contributed by atoms with E-state index in [0.717, 1.165) is 21.2 Å². The SMILES string of the molecule is CC1=CCN(c2sc3c(c2C(N)=O)CC(C)(C)OC3(C)C)O1. The summed E-state index contributed by atoms with van der Waals surface area (Å²) in [7, 11) is 0. The molecule has 0 saturated carbocycles. The van der Waals surface area contributed by atoms with Gasteiger partial charge in [0.1, 0.15) is 10.8 Å². The number of nitrogens with two attached hydrogens (primary N) is 1. The van der Waals surface area contributed by atoms with Gasteiger partial charge in [-0.05, 0) is 46.3 Å². The summed E-state index contributed by atoms with van der Waals surface area (Å²) in [6, 6.07) is 0. The van der Waals surface area contributed by atoms with Crippen LogP contribution in [-0.2, 0) is 21.6 Å². The third-order valence-corrected chi connectivity index (χ3v) is 5.48. The fourth-order valence-corrected chi connectivity index (χ4v) is 4.64. The lowest BCUT2D eigenvalue weighted by Crippen LogP contribution is -2.42. The highest BCUT2D eigenvalue weighted by Gasteiger charge is 2.43. The molecule has 0 unspecified atom stereocenters. The molecule has 0 fully saturated rings. The molecule has 0 bridgehead atoms. The van der Waals surface area contributed by atoms with Gasteiger partial charge in [-0.1, -0.05) is 0 Å². The molecule has 1 aromatic rings. The van der Waals surface area contributed by atoms with E-state index in [1.807, 2.05) is 40.7 Å². The number of hydrogen-bond acceptors (Lipinski definition) is 5. The van der Waals surface area contributed by atoms with Crippen LogP contribution in [0.3, 0.4) is 0 Å². The molecule has 3 rings (SSSR count). The van der Waals surface area contributed by atoms with E-state index in [-0.39, 0.29) is 5.60 Å². The average molecular weight is 322 g/mol. The molecule has 2 aliphatic rings. The summed E-state index contributed by atoms with van der Waals surface area (Å²) < 4.78 is 6.21. The van der Waals surface area contributed by atoms with E-state index >= 15 is 0 Å². The van der Waals surface area contributed by atoms with Crippen LogP contribution in [0.5, 0.6) is 0 Å². The molecule has 0 aromatic carbocycles. The van der Waals surface area contributed by atoms with Gasteiger partial charge in [0.15, 0.2) is 0 Å². The number of carbonyl (C=O) groups excluding carboxylic acids is 1. The Morgan fingerprint density at radius 2 is 2.05 bits per heavy atom. The number of hydroxylamine groups is 1. The lowest BCUT2D eigenvalue weighted by atomic mass is 9.86. The van der Waals surface area contributed by atoms with E-state index in [1.54, 1.807) is 5.06 Å². The van der Waals surface area contributed by atoms with Crippen LogP contribution in [0.1, 0.15) is 55.4 Å². The van der Waals surface area contributed by atoms with Crippen LogP contribution in [0, 0.1) is 0 Å². The minimum Gasteiger partial charge on any atom is -0.384 e. The highest BCUT2D eigenvalue weighted by Crippen LogP contribution is 2.49. The second-order valence-corrected chi connectivity index (χ2v) is 7.97. The van der Waals surface area contributed by atoms with Gasteiger partial charge in [-0.25, -0.2) is 0 Å². The van der Waals surface area contributed by atoms with Crippen LogP contribution in [-0.4, -0.2) is 18.1 Å². The van der Waals surface area contributed by atoms with E-state index in [9.17, 15) is 4.79 Å². The molecule has 0 atom stereocenters. The zero-order chi connectivity index (χ0) is 16.3. The number of nitrogens with zero attached hydrogens (tertiary/aromatic N) is 1. The highest BCUT2D eigenvalue weighted by atomic mass is 32.1. The molecular weight excluding hydrogens is 300 g/mol. The number of ether oxygens (including phenoxy) is 1. The van der Waals surface area contributed by atoms with Crippen molar-refractivity contribution < 1.29 is 14.4 Å². The standard InChI is InChI=1S/C16H22N2O3S/c1-9-6-7-18(20-9)14-11(13(17)19)10-8-15(2,3)21-16(4,5)12(10)22-14/h6H,7-8H2,1-5H3,(H2,17,19). The first-order valence-corrected chi connectivity index (χ1v) is 8.21. The molecule has 5 nitrogen and oxygen atoms in total. The molecule has 2 aliphatic heterocycles. The summed E-state index contributed by atoms with van der Waals surface area (Å²) in [5.41, 5.74) is 6.48. The zero-order valence-electron chi connectivity index (χ0n) is 13.6. The normalized spacial score (nSPS) is 22.0. The van der Waals surface area contributed by atoms with Crippen LogP contribution in [0.4, 0.5) is 5.00 Å². The highest BCUT2D eigenvalue weighted by molar-refractivity contribution is 7.17. The van der Waals surface area contributed by atoms with Crippen molar-refractivity contribution in [1.82, 2.24) is 0 Å². The molecule has 1 aromatic heterocycles. The zero-order valence-corrected chi connectivity index (χ0v) is 14.5. The molecule has 120 valence electrons. The van der Waals surface area contributed by atoms with Gasteiger partial charge >= 0.3 is 0 Å². The third-order valence-electron chi connectivity index (χ3n) is 3.94. The lowest BCUT2D eigenvalue weighted by Gasteiger charge is -2.41. The minimum absolute atomic E-state index is 0.334. The molecule has 6 heteroatoms. The van der Waals surface area contributed by atoms with Crippen molar-refractivity contribution in [1.29, 1.82) is 0 Å². The quantitative estimate of drug-likeness (QED) is 0.909. The Morgan fingerprint density at radius 3 is 2.59 bits per heavy atom.